The van der Waals surface area contributed by atoms with E-state index < -0.39 is 0 Å². The summed E-state index contributed by atoms with van der Waals surface area (Å²) in [4.78, 5) is 5.53. The van der Waals surface area contributed by atoms with Gasteiger partial charge in [-0.05, 0) is 48.1 Å². The summed E-state index contributed by atoms with van der Waals surface area (Å²) in [6.45, 7) is 3.44. The molecule has 4 nitrogen and oxygen atoms in total. The van der Waals surface area contributed by atoms with Crippen molar-refractivity contribution in [1.29, 1.82) is 5.26 Å². The summed E-state index contributed by atoms with van der Waals surface area (Å²) in [5.74, 6) is 0.741. The first-order chi connectivity index (χ1) is 11.7. The van der Waals surface area contributed by atoms with Crippen LogP contribution in [0.3, 0.4) is 0 Å². The lowest BCUT2D eigenvalue weighted by atomic mass is 10.1. The van der Waals surface area contributed by atoms with Crippen LogP contribution in [0.2, 0.25) is 0 Å². The van der Waals surface area contributed by atoms with Crippen molar-refractivity contribution in [2.24, 2.45) is 4.99 Å². The fourth-order valence-corrected chi connectivity index (χ4v) is 3.04. The zero-order chi connectivity index (χ0) is 17.4. The van der Waals surface area contributed by atoms with Crippen LogP contribution in [0, 0.1) is 18.3 Å². The number of hydrogen-bond acceptors (Lipinski definition) is 3. The molecule has 0 aliphatic rings. The zero-order valence-corrected chi connectivity index (χ0v) is 17.8. The average molecular weight is 466 g/mol. The van der Waals surface area contributed by atoms with Gasteiger partial charge in [0.15, 0.2) is 5.96 Å². The molecule has 0 fully saturated rings. The topological polar surface area (TPSA) is 60.2 Å². The van der Waals surface area contributed by atoms with Gasteiger partial charge in [0.25, 0.3) is 0 Å². The SMILES string of the molecule is CN=C(NCc1cccc(C#N)c1)NCc1ccc(C)cc1SC.I. The molecule has 0 heterocycles. The van der Waals surface area contributed by atoms with Gasteiger partial charge in [-0.2, -0.15) is 5.26 Å². The third kappa shape index (κ3) is 6.59. The van der Waals surface area contributed by atoms with Crippen LogP contribution < -0.4 is 10.6 Å². The standard InChI is InChI=1S/C19H22N4S.HI/c1-14-7-8-17(18(9-14)24-3)13-23-19(21-2)22-12-16-6-4-5-15(10-16)11-20;/h4-10H,12-13H2,1-3H3,(H2,21,22,23);1H. The molecule has 0 aliphatic heterocycles. The molecule has 6 heteroatoms. The Hall–Kier alpha value is -1.72. The highest BCUT2D eigenvalue weighted by Crippen LogP contribution is 2.21. The molecular weight excluding hydrogens is 443 g/mol. The predicted molar refractivity (Wildman–Crippen MR) is 117 cm³/mol. The Bertz CT molecular complexity index is 768. The van der Waals surface area contributed by atoms with Gasteiger partial charge in [0.05, 0.1) is 11.6 Å². The van der Waals surface area contributed by atoms with Gasteiger partial charge >= 0.3 is 0 Å². The first-order valence-corrected chi connectivity index (χ1v) is 8.96. The summed E-state index contributed by atoms with van der Waals surface area (Å²) in [5.41, 5.74) is 4.24. The summed E-state index contributed by atoms with van der Waals surface area (Å²) in [7, 11) is 1.76. The van der Waals surface area contributed by atoms with Crippen LogP contribution in [0.15, 0.2) is 52.4 Å². The van der Waals surface area contributed by atoms with E-state index in [2.05, 4.69) is 53.1 Å². The number of nitrogens with one attached hydrogen (secondary N) is 2. The number of halogens is 1. The van der Waals surface area contributed by atoms with E-state index in [1.54, 1.807) is 24.9 Å². The minimum Gasteiger partial charge on any atom is -0.352 e. The molecule has 0 aromatic heterocycles. The molecule has 2 aromatic rings. The van der Waals surface area contributed by atoms with Crippen LogP contribution in [-0.4, -0.2) is 19.3 Å². The molecule has 0 bridgehead atoms. The van der Waals surface area contributed by atoms with E-state index in [4.69, 9.17) is 5.26 Å². The largest absolute Gasteiger partial charge is 0.352 e. The zero-order valence-electron chi connectivity index (χ0n) is 14.7. The normalized spacial score (nSPS) is 10.6. The van der Waals surface area contributed by atoms with E-state index in [1.165, 1.54) is 16.0 Å². The highest BCUT2D eigenvalue weighted by atomic mass is 127. The Labute approximate surface area is 171 Å². The Morgan fingerprint density at radius 2 is 1.92 bits per heavy atom. The second-order valence-corrected chi connectivity index (χ2v) is 6.25. The Kier molecular flexibility index (Phi) is 9.39. The predicted octanol–water partition coefficient (Wildman–Crippen LogP) is 4.07. The molecule has 0 atom stereocenters. The molecule has 0 saturated carbocycles. The fourth-order valence-electron chi connectivity index (χ4n) is 2.33. The lowest BCUT2D eigenvalue weighted by Crippen LogP contribution is -2.36. The number of rotatable bonds is 5. The molecule has 2 rings (SSSR count). The number of nitrogens with zero attached hydrogens (tertiary/aromatic N) is 2. The van der Waals surface area contributed by atoms with E-state index in [-0.39, 0.29) is 24.0 Å². The molecule has 2 aromatic carbocycles. The van der Waals surface area contributed by atoms with Gasteiger partial charge < -0.3 is 10.6 Å². The van der Waals surface area contributed by atoms with Crippen molar-refractivity contribution in [3.05, 3.63) is 64.7 Å². The van der Waals surface area contributed by atoms with E-state index in [0.717, 1.165) is 11.5 Å². The van der Waals surface area contributed by atoms with E-state index in [9.17, 15) is 0 Å². The van der Waals surface area contributed by atoms with Gasteiger partial charge in [-0.25, -0.2) is 0 Å². The van der Waals surface area contributed by atoms with Crippen LogP contribution in [0.25, 0.3) is 0 Å². The molecule has 0 unspecified atom stereocenters. The van der Waals surface area contributed by atoms with Gasteiger partial charge in [-0.3, -0.25) is 4.99 Å². The molecule has 0 spiro atoms. The monoisotopic (exact) mass is 466 g/mol. The highest BCUT2D eigenvalue weighted by Gasteiger charge is 2.04. The van der Waals surface area contributed by atoms with Crippen molar-refractivity contribution >= 4 is 41.7 Å². The third-order valence-electron chi connectivity index (χ3n) is 3.63. The maximum absolute atomic E-state index is 8.96. The van der Waals surface area contributed by atoms with Gasteiger partial charge in [0.2, 0.25) is 0 Å². The quantitative estimate of drug-likeness (QED) is 0.302. The number of aryl methyl sites for hydroxylation is 1. The molecule has 0 aliphatic carbocycles. The summed E-state index contributed by atoms with van der Waals surface area (Å²) >= 11 is 1.75. The van der Waals surface area contributed by atoms with Gasteiger partial charge in [-0.15, -0.1) is 35.7 Å². The summed E-state index contributed by atoms with van der Waals surface area (Å²) < 4.78 is 0. The van der Waals surface area contributed by atoms with Crippen molar-refractivity contribution in [3.8, 4) is 6.07 Å². The molecule has 132 valence electrons. The molecule has 25 heavy (non-hydrogen) atoms. The maximum atomic E-state index is 8.96. The number of guanidine groups is 1. The number of thioether (sulfide) groups is 1. The molecule has 0 saturated heterocycles. The van der Waals surface area contributed by atoms with E-state index in [1.807, 2.05) is 18.2 Å². The van der Waals surface area contributed by atoms with Crippen molar-refractivity contribution in [2.75, 3.05) is 13.3 Å². The Morgan fingerprint density at radius 1 is 1.16 bits per heavy atom. The second-order valence-electron chi connectivity index (χ2n) is 5.41. The van der Waals surface area contributed by atoms with Crippen LogP contribution in [0.5, 0.6) is 0 Å². The summed E-state index contributed by atoms with van der Waals surface area (Å²) in [6, 6.07) is 16.2. The number of hydrogen-bond donors (Lipinski definition) is 2. The highest BCUT2D eigenvalue weighted by molar-refractivity contribution is 14.0. The lowest BCUT2D eigenvalue weighted by Gasteiger charge is -2.14. The summed E-state index contributed by atoms with van der Waals surface area (Å²) in [6.07, 6.45) is 2.09. The number of benzene rings is 2. The van der Waals surface area contributed by atoms with E-state index >= 15 is 0 Å². The van der Waals surface area contributed by atoms with Crippen molar-refractivity contribution in [1.82, 2.24) is 10.6 Å². The van der Waals surface area contributed by atoms with Gasteiger partial charge in [0.1, 0.15) is 0 Å². The van der Waals surface area contributed by atoms with E-state index in [0.29, 0.717) is 18.7 Å². The van der Waals surface area contributed by atoms with Crippen LogP contribution in [0.1, 0.15) is 22.3 Å². The molecular formula is C19H23IN4S. The Balaban J connectivity index is 0.00000312. The number of nitriles is 1. The fraction of sp³-hybridized carbons (Fsp3) is 0.263. The third-order valence-corrected chi connectivity index (χ3v) is 4.45. The van der Waals surface area contributed by atoms with Gasteiger partial charge in [-0.1, -0.05) is 24.3 Å². The van der Waals surface area contributed by atoms with Crippen molar-refractivity contribution in [2.45, 2.75) is 24.9 Å². The first-order valence-electron chi connectivity index (χ1n) is 7.73. The van der Waals surface area contributed by atoms with Crippen molar-refractivity contribution < 1.29 is 0 Å². The minimum absolute atomic E-state index is 0. The van der Waals surface area contributed by atoms with Crippen LogP contribution >= 0.6 is 35.7 Å². The second kappa shape index (κ2) is 11.0. The van der Waals surface area contributed by atoms with Crippen molar-refractivity contribution in [3.63, 3.8) is 0 Å². The molecule has 0 radical (unpaired) electrons. The number of aliphatic imine (C=N–C) groups is 1. The maximum Gasteiger partial charge on any atom is 0.191 e. The average Bonchev–Trinajstić information content (AvgIpc) is 2.62. The van der Waals surface area contributed by atoms with Crippen LogP contribution in [0.4, 0.5) is 0 Å². The smallest absolute Gasteiger partial charge is 0.191 e. The Morgan fingerprint density at radius 3 is 2.60 bits per heavy atom. The lowest BCUT2D eigenvalue weighted by molar-refractivity contribution is 0.801. The first kappa shape index (κ1) is 21.3. The van der Waals surface area contributed by atoms with Gasteiger partial charge in [0, 0.05) is 25.0 Å². The molecule has 0 amide bonds. The minimum atomic E-state index is 0. The van der Waals surface area contributed by atoms with Crippen LogP contribution in [-0.2, 0) is 13.1 Å². The summed E-state index contributed by atoms with van der Waals surface area (Å²) in [5, 5.41) is 15.6. The molecule has 2 N–H and O–H groups in total.